The number of ether oxygens (including phenoxy) is 1. The lowest BCUT2D eigenvalue weighted by Gasteiger charge is -2.52. The Labute approximate surface area is 223 Å². The number of phenolic OH excluding ortho intramolecular Hbond substituents is 1. The summed E-state index contributed by atoms with van der Waals surface area (Å²) >= 11 is 0. The zero-order chi connectivity index (χ0) is 28.5. The number of amides is 1. The van der Waals surface area contributed by atoms with Gasteiger partial charge in [0.2, 0.25) is 5.78 Å². The van der Waals surface area contributed by atoms with Crippen molar-refractivity contribution >= 4 is 23.2 Å². The van der Waals surface area contributed by atoms with E-state index in [0.29, 0.717) is 22.4 Å². The van der Waals surface area contributed by atoms with Gasteiger partial charge in [0.25, 0.3) is 5.91 Å². The predicted octanol–water partition coefficient (Wildman–Crippen LogP) is 0.610. The molecule has 7 N–H and O–H groups in total. The topological polar surface area (TPSA) is 191 Å². The predicted molar refractivity (Wildman–Crippen MR) is 138 cm³/mol. The number of hydrogen-bond donors (Lipinski definition) is 6. The molecule has 11 nitrogen and oxygen atoms in total. The van der Waals surface area contributed by atoms with Crippen LogP contribution in [-0.4, -0.2) is 86.9 Å². The number of methoxy groups -OCH3 is 1. The zero-order valence-corrected chi connectivity index (χ0v) is 21.4. The lowest BCUT2D eigenvalue weighted by atomic mass is 9.56. The van der Waals surface area contributed by atoms with Crippen LogP contribution in [0, 0.1) is 11.8 Å². The number of likely N-dealkylation sites (N-methyl/N-ethyl adjacent to an activating group) is 1. The molecule has 11 heteroatoms. The molecular weight excluding hydrogens is 508 g/mol. The molecule has 1 amide bonds. The number of rotatable bonds is 4. The number of carbonyl (C=O) groups excluding carboxylic acids is 3. The van der Waals surface area contributed by atoms with Crippen LogP contribution in [-0.2, 0) is 20.8 Å². The van der Waals surface area contributed by atoms with Gasteiger partial charge in [-0.15, -0.1) is 0 Å². The number of aliphatic hydroxyl groups excluding tert-OH is 3. The van der Waals surface area contributed by atoms with E-state index < -0.39 is 69.7 Å². The second-order valence-corrected chi connectivity index (χ2v) is 10.3. The van der Waals surface area contributed by atoms with Crippen molar-refractivity contribution in [1.29, 1.82) is 0 Å². The van der Waals surface area contributed by atoms with E-state index in [0.717, 1.165) is 0 Å². The smallest absolute Gasteiger partial charge is 0.255 e. The average Bonchev–Trinajstić information content (AvgIpc) is 2.88. The lowest BCUT2D eigenvalue weighted by molar-refractivity contribution is -0.168. The maximum absolute atomic E-state index is 13.9. The summed E-state index contributed by atoms with van der Waals surface area (Å²) in [6.07, 6.45) is -1.64. The van der Waals surface area contributed by atoms with Crippen molar-refractivity contribution in [3.05, 3.63) is 64.4 Å². The molecule has 0 bridgehead atoms. The Kier molecular flexibility index (Phi) is 6.06. The largest absolute Gasteiger partial charge is 0.508 e. The molecule has 0 radical (unpaired) electrons. The van der Waals surface area contributed by atoms with E-state index >= 15 is 0 Å². The number of carbonyl (C=O) groups is 3. The number of nitrogens with zero attached hydrogens (tertiary/aromatic N) is 1. The first-order chi connectivity index (χ1) is 18.4. The Balaban J connectivity index is 1.72. The highest BCUT2D eigenvalue weighted by Crippen LogP contribution is 2.53. The maximum Gasteiger partial charge on any atom is 0.255 e. The molecule has 0 spiro atoms. The molecule has 3 aliphatic rings. The normalized spacial score (nSPS) is 28.3. The number of benzene rings is 2. The highest BCUT2D eigenvalue weighted by atomic mass is 16.5. The van der Waals surface area contributed by atoms with Gasteiger partial charge in [-0.25, -0.2) is 0 Å². The Morgan fingerprint density at radius 2 is 1.72 bits per heavy atom. The number of aliphatic hydroxyl groups is 4. The van der Waals surface area contributed by atoms with Crippen LogP contribution >= 0.6 is 0 Å². The third kappa shape index (κ3) is 3.50. The van der Waals surface area contributed by atoms with Crippen molar-refractivity contribution in [2.75, 3.05) is 21.2 Å². The van der Waals surface area contributed by atoms with Crippen LogP contribution in [0.1, 0.15) is 11.1 Å². The van der Waals surface area contributed by atoms with Gasteiger partial charge in [-0.05, 0) is 43.8 Å². The summed E-state index contributed by atoms with van der Waals surface area (Å²) in [5.41, 5.74) is 2.30. The molecule has 3 aliphatic carbocycles. The standard InChI is InChI=1S/C28H28N2O9/c1-30(2)20-19-22(32)15-10-12-6-9-14(11-4-7-13(39-3)8-5-11)21(31)16(12)23(33)17(15)25(35)28(19,38)26(36)18(24(20)34)27(29)37/h4-9,15,19-20,22,31-33,36,38H,10H2,1-3H3,(H2,29,37)/t15-,19-,20+,22+,28+/m0/s1. The van der Waals surface area contributed by atoms with Crippen LogP contribution in [0.15, 0.2) is 53.3 Å². The number of hydrogen-bond acceptors (Lipinski definition) is 10. The van der Waals surface area contributed by atoms with E-state index in [1.807, 2.05) is 0 Å². The average molecular weight is 537 g/mol. The monoisotopic (exact) mass is 536 g/mol. The third-order valence-corrected chi connectivity index (χ3v) is 8.08. The van der Waals surface area contributed by atoms with E-state index in [4.69, 9.17) is 10.5 Å². The van der Waals surface area contributed by atoms with Gasteiger partial charge in [-0.3, -0.25) is 19.3 Å². The van der Waals surface area contributed by atoms with Gasteiger partial charge in [0.15, 0.2) is 11.4 Å². The molecular formula is C28H28N2O9. The fraction of sp³-hybridized carbons (Fsp3) is 0.321. The number of phenols is 1. The highest BCUT2D eigenvalue weighted by molar-refractivity contribution is 6.24. The van der Waals surface area contributed by atoms with Gasteiger partial charge in [-0.2, -0.15) is 0 Å². The van der Waals surface area contributed by atoms with Crippen molar-refractivity contribution in [3.8, 4) is 22.6 Å². The van der Waals surface area contributed by atoms with Crippen LogP contribution in [0.5, 0.6) is 11.5 Å². The highest BCUT2D eigenvalue weighted by Gasteiger charge is 2.67. The molecule has 5 atom stereocenters. The Morgan fingerprint density at radius 3 is 2.28 bits per heavy atom. The summed E-state index contributed by atoms with van der Waals surface area (Å²) in [5, 5.41) is 56.7. The summed E-state index contributed by atoms with van der Waals surface area (Å²) in [7, 11) is 4.43. The van der Waals surface area contributed by atoms with E-state index in [2.05, 4.69) is 0 Å². The molecule has 0 aliphatic heterocycles. The van der Waals surface area contributed by atoms with Gasteiger partial charge < -0.3 is 36.0 Å². The molecule has 204 valence electrons. The Bertz CT molecular complexity index is 1490. The van der Waals surface area contributed by atoms with Crippen molar-refractivity contribution < 1.29 is 44.7 Å². The zero-order valence-electron chi connectivity index (χ0n) is 21.4. The quantitative estimate of drug-likeness (QED) is 0.302. The second-order valence-electron chi connectivity index (χ2n) is 10.3. The molecule has 39 heavy (non-hydrogen) atoms. The van der Waals surface area contributed by atoms with Gasteiger partial charge >= 0.3 is 0 Å². The molecule has 5 rings (SSSR count). The summed E-state index contributed by atoms with van der Waals surface area (Å²) in [5.74, 6) is -7.85. The summed E-state index contributed by atoms with van der Waals surface area (Å²) in [6, 6.07) is 8.69. The van der Waals surface area contributed by atoms with Crippen molar-refractivity contribution in [2.45, 2.75) is 24.2 Å². The maximum atomic E-state index is 13.9. The van der Waals surface area contributed by atoms with E-state index in [1.54, 1.807) is 36.4 Å². The third-order valence-electron chi connectivity index (χ3n) is 8.08. The molecule has 1 fully saturated rings. The number of aromatic hydroxyl groups is 1. The fourth-order valence-electron chi connectivity index (χ4n) is 6.23. The number of primary amides is 1. The van der Waals surface area contributed by atoms with Gasteiger partial charge in [0.1, 0.15) is 28.6 Å². The first-order valence-electron chi connectivity index (χ1n) is 12.2. The molecule has 2 aromatic rings. The second kappa shape index (κ2) is 8.94. The SMILES string of the molecule is COc1ccc(-c2ccc3c(c2O)C(O)=C2C(=O)[C@@]4(O)C(O)=C(C(N)=O)C(=O)[C@H](N(C)C)[C@H]4[C@H](O)[C@H]2C3)cc1. The Hall–Kier alpha value is -4.19. The summed E-state index contributed by atoms with van der Waals surface area (Å²) in [6.45, 7) is 0. The van der Waals surface area contributed by atoms with Crippen molar-refractivity contribution in [2.24, 2.45) is 17.6 Å². The summed E-state index contributed by atoms with van der Waals surface area (Å²) in [4.78, 5) is 40.5. The number of nitrogens with two attached hydrogens (primary N) is 1. The molecule has 2 aromatic carbocycles. The summed E-state index contributed by atoms with van der Waals surface area (Å²) < 4.78 is 5.16. The molecule has 0 unspecified atom stereocenters. The number of fused-ring (bicyclic) bond motifs is 3. The molecule has 0 aromatic heterocycles. The van der Waals surface area contributed by atoms with Crippen LogP contribution < -0.4 is 10.5 Å². The molecule has 0 saturated heterocycles. The molecule has 0 heterocycles. The van der Waals surface area contributed by atoms with Gasteiger partial charge in [-0.1, -0.05) is 24.3 Å². The minimum Gasteiger partial charge on any atom is -0.508 e. The number of ketones is 2. The van der Waals surface area contributed by atoms with E-state index in [-0.39, 0.29) is 17.7 Å². The first-order valence-corrected chi connectivity index (χ1v) is 12.2. The van der Waals surface area contributed by atoms with Crippen LogP contribution in [0.25, 0.3) is 16.9 Å². The lowest BCUT2D eigenvalue weighted by Crippen LogP contribution is -2.70. The minimum absolute atomic E-state index is 0.0217. The van der Waals surface area contributed by atoms with Crippen molar-refractivity contribution in [1.82, 2.24) is 4.90 Å². The van der Waals surface area contributed by atoms with Crippen molar-refractivity contribution in [3.63, 3.8) is 0 Å². The van der Waals surface area contributed by atoms with Gasteiger partial charge in [0, 0.05) is 17.1 Å². The Morgan fingerprint density at radius 1 is 1.08 bits per heavy atom. The van der Waals surface area contributed by atoms with Gasteiger partial charge in [0.05, 0.1) is 30.7 Å². The van der Waals surface area contributed by atoms with Crippen LogP contribution in [0.3, 0.4) is 0 Å². The van der Waals surface area contributed by atoms with Crippen LogP contribution in [0.2, 0.25) is 0 Å². The minimum atomic E-state index is -2.94. The fourth-order valence-corrected chi connectivity index (χ4v) is 6.23. The van der Waals surface area contributed by atoms with Crippen LogP contribution in [0.4, 0.5) is 0 Å². The first kappa shape index (κ1) is 26.4. The molecule has 1 saturated carbocycles. The number of Topliss-reactive ketones (excluding diaryl/α,β-unsaturated/α-hetero) is 2. The van der Waals surface area contributed by atoms with E-state index in [1.165, 1.54) is 26.1 Å². The van der Waals surface area contributed by atoms with E-state index in [9.17, 15) is 39.9 Å².